The zero-order valence-electron chi connectivity index (χ0n) is 11.7. The average Bonchev–Trinajstić information content (AvgIpc) is 2.92. The topological polar surface area (TPSA) is 31.4 Å². The summed E-state index contributed by atoms with van der Waals surface area (Å²) in [4.78, 5) is 4.59. The lowest BCUT2D eigenvalue weighted by Crippen LogP contribution is -1.93. The maximum Gasteiger partial charge on any atom is 0.187 e. The van der Waals surface area contributed by atoms with Gasteiger partial charge in [0.25, 0.3) is 0 Å². The van der Waals surface area contributed by atoms with E-state index >= 15 is 0 Å². The first-order valence-corrected chi connectivity index (χ1v) is 7.46. The molecule has 0 fully saturated rings. The fourth-order valence-corrected chi connectivity index (χ4v) is 3.89. The number of aromatic nitrogens is 1. The van der Waals surface area contributed by atoms with Crippen LogP contribution in [0.25, 0.3) is 31.1 Å². The maximum atomic E-state index is 5.50. The Morgan fingerprint density at radius 1 is 0.905 bits per heavy atom. The van der Waals surface area contributed by atoms with Gasteiger partial charge in [-0.05, 0) is 18.2 Å². The summed E-state index contributed by atoms with van der Waals surface area (Å²) in [6.07, 6.45) is 1.92. The first-order chi connectivity index (χ1) is 10.3. The molecule has 2 aromatic heterocycles. The van der Waals surface area contributed by atoms with Crippen molar-refractivity contribution < 1.29 is 9.47 Å². The van der Waals surface area contributed by atoms with Crippen LogP contribution in [0.4, 0.5) is 0 Å². The van der Waals surface area contributed by atoms with Crippen molar-refractivity contribution in [3.8, 4) is 11.5 Å². The number of methoxy groups -OCH3 is 2. The van der Waals surface area contributed by atoms with Gasteiger partial charge in [0.15, 0.2) is 11.5 Å². The Balaban J connectivity index is 2.23. The van der Waals surface area contributed by atoms with E-state index < -0.39 is 0 Å². The number of pyridine rings is 1. The molecule has 2 heterocycles. The van der Waals surface area contributed by atoms with Crippen LogP contribution >= 0.6 is 11.3 Å². The van der Waals surface area contributed by atoms with Gasteiger partial charge < -0.3 is 9.47 Å². The van der Waals surface area contributed by atoms with Gasteiger partial charge in [-0.25, -0.2) is 0 Å². The second-order valence-electron chi connectivity index (χ2n) is 4.79. The molecule has 0 atom stereocenters. The molecule has 4 aromatic rings. The number of thiophene rings is 1. The van der Waals surface area contributed by atoms with E-state index in [2.05, 4.69) is 35.3 Å². The van der Waals surface area contributed by atoms with Gasteiger partial charge in [-0.15, -0.1) is 11.3 Å². The third-order valence-electron chi connectivity index (χ3n) is 3.72. The van der Waals surface area contributed by atoms with Crippen LogP contribution in [-0.4, -0.2) is 19.2 Å². The number of ether oxygens (including phenoxy) is 2. The number of hydrogen-bond donors (Lipinski definition) is 0. The SMILES string of the molecule is COc1ccc2c(ncc3sc4ccccc4c32)c1OC. The summed E-state index contributed by atoms with van der Waals surface area (Å²) in [5.74, 6) is 1.39. The van der Waals surface area contributed by atoms with Crippen molar-refractivity contribution in [2.24, 2.45) is 0 Å². The summed E-state index contributed by atoms with van der Waals surface area (Å²) in [7, 11) is 3.29. The molecule has 0 saturated carbocycles. The van der Waals surface area contributed by atoms with Gasteiger partial charge >= 0.3 is 0 Å². The van der Waals surface area contributed by atoms with Gasteiger partial charge in [-0.2, -0.15) is 0 Å². The third-order valence-corrected chi connectivity index (χ3v) is 4.83. The second kappa shape index (κ2) is 4.60. The molecule has 0 N–H and O–H groups in total. The second-order valence-corrected chi connectivity index (χ2v) is 5.88. The Morgan fingerprint density at radius 3 is 2.57 bits per heavy atom. The molecule has 0 amide bonds. The number of nitrogens with zero attached hydrogens (tertiary/aromatic N) is 1. The fourth-order valence-electron chi connectivity index (χ4n) is 2.80. The smallest absolute Gasteiger partial charge is 0.187 e. The highest BCUT2D eigenvalue weighted by Gasteiger charge is 2.15. The monoisotopic (exact) mass is 295 g/mol. The van der Waals surface area contributed by atoms with E-state index in [1.807, 2.05) is 12.3 Å². The fraction of sp³-hybridized carbons (Fsp3) is 0.118. The van der Waals surface area contributed by atoms with E-state index in [4.69, 9.17) is 9.47 Å². The minimum atomic E-state index is 0.687. The van der Waals surface area contributed by atoms with Crippen molar-refractivity contribution in [3.63, 3.8) is 0 Å². The minimum Gasteiger partial charge on any atom is -0.493 e. The molecular formula is C17H13NO2S. The Hall–Kier alpha value is -2.33. The summed E-state index contributed by atoms with van der Waals surface area (Å²) < 4.78 is 13.3. The molecule has 0 aliphatic rings. The third kappa shape index (κ3) is 1.69. The lowest BCUT2D eigenvalue weighted by Gasteiger charge is -2.10. The van der Waals surface area contributed by atoms with E-state index in [0.29, 0.717) is 11.5 Å². The Labute approximate surface area is 125 Å². The highest BCUT2D eigenvalue weighted by Crippen LogP contribution is 2.42. The van der Waals surface area contributed by atoms with Crippen LogP contribution in [0.1, 0.15) is 0 Å². The van der Waals surface area contributed by atoms with Crippen LogP contribution in [0.15, 0.2) is 42.6 Å². The Kier molecular flexibility index (Phi) is 2.72. The molecule has 0 radical (unpaired) electrons. The predicted octanol–water partition coefficient (Wildman–Crippen LogP) is 4.62. The Bertz CT molecular complexity index is 975. The van der Waals surface area contributed by atoms with Crippen molar-refractivity contribution in [1.29, 1.82) is 0 Å². The lowest BCUT2D eigenvalue weighted by atomic mass is 10.1. The molecule has 0 spiro atoms. The van der Waals surface area contributed by atoms with Crippen molar-refractivity contribution in [2.45, 2.75) is 0 Å². The van der Waals surface area contributed by atoms with Crippen molar-refractivity contribution in [2.75, 3.05) is 14.2 Å². The van der Waals surface area contributed by atoms with Crippen LogP contribution in [0.2, 0.25) is 0 Å². The van der Waals surface area contributed by atoms with Gasteiger partial charge in [0, 0.05) is 27.1 Å². The molecular weight excluding hydrogens is 282 g/mol. The standard InChI is InChI=1S/C17H13NO2S/c1-19-12-8-7-11-15-10-5-3-4-6-13(10)21-14(15)9-18-16(11)17(12)20-2/h3-9H,1-2H3. The van der Waals surface area contributed by atoms with Gasteiger partial charge in [0.1, 0.15) is 5.52 Å². The van der Waals surface area contributed by atoms with Gasteiger partial charge in [0.2, 0.25) is 0 Å². The summed E-state index contributed by atoms with van der Waals surface area (Å²) in [6.45, 7) is 0. The molecule has 2 aromatic carbocycles. The van der Waals surface area contributed by atoms with E-state index in [-0.39, 0.29) is 0 Å². The summed E-state index contributed by atoms with van der Waals surface area (Å²) >= 11 is 1.77. The molecule has 4 rings (SSSR count). The molecule has 0 unspecified atom stereocenters. The van der Waals surface area contributed by atoms with Crippen LogP contribution in [0.3, 0.4) is 0 Å². The lowest BCUT2D eigenvalue weighted by molar-refractivity contribution is 0.358. The number of rotatable bonds is 2. The summed E-state index contributed by atoms with van der Waals surface area (Å²) in [5, 5.41) is 3.60. The molecule has 0 saturated heterocycles. The number of benzene rings is 2. The average molecular weight is 295 g/mol. The van der Waals surface area contributed by atoms with Gasteiger partial charge in [-0.3, -0.25) is 4.98 Å². The van der Waals surface area contributed by atoms with E-state index in [0.717, 1.165) is 10.9 Å². The maximum absolute atomic E-state index is 5.50. The van der Waals surface area contributed by atoms with Crippen molar-refractivity contribution in [3.05, 3.63) is 42.6 Å². The van der Waals surface area contributed by atoms with Crippen LogP contribution in [0.5, 0.6) is 11.5 Å². The van der Waals surface area contributed by atoms with Crippen molar-refractivity contribution in [1.82, 2.24) is 4.98 Å². The van der Waals surface area contributed by atoms with Gasteiger partial charge in [0.05, 0.1) is 18.9 Å². The van der Waals surface area contributed by atoms with Crippen LogP contribution < -0.4 is 9.47 Å². The number of fused-ring (bicyclic) bond motifs is 5. The van der Waals surface area contributed by atoms with E-state index in [1.54, 1.807) is 25.6 Å². The molecule has 0 bridgehead atoms. The highest BCUT2D eigenvalue weighted by atomic mass is 32.1. The first-order valence-electron chi connectivity index (χ1n) is 6.64. The zero-order chi connectivity index (χ0) is 14.4. The molecule has 0 aliphatic carbocycles. The highest BCUT2D eigenvalue weighted by molar-refractivity contribution is 7.26. The van der Waals surface area contributed by atoms with Gasteiger partial charge in [-0.1, -0.05) is 18.2 Å². The summed E-state index contributed by atoms with van der Waals surface area (Å²) in [6, 6.07) is 12.4. The molecule has 104 valence electrons. The van der Waals surface area contributed by atoms with Crippen molar-refractivity contribution >= 4 is 42.4 Å². The number of hydrogen-bond acceptors (Lipinski definition) is 4. The predicted molar refractivity (Wildman–Crippen MR) is 87.7 cm³/mol. The first kappa shape index (κ1) is 12.4. The van der Waals surface area contributed by atoms with E-state index in [1.165, 1.54) is 20.2 Å². The molecule has 0 aliphatic heterocycles. The molecule has 4 heteroatoms. The van der Waals surface area contributed by atoms with Crippen LogP contribution in [0, 0.1) is 0 Å². The zero-order valence-corrected chi connectivity index (χ0v) is 12.5. The molecule has 3 nitrogen and oxygen atoms in total. The largest absolute Gasteiger partial charge is 0.493 e. The van der Waals surface area contributed by atoms with E-state index in [9.17, 15) is 0 Å². The Morgan fingerprint density at radius 2 is 1.76 bits per heavy atom. The normalized spacial score (nSPS) is 11.3. The minimum absolute atomic E-state index is 0.687. The summed E-state index contributed by atoms with van der Waals surface area (Å²) in [5.41, 5.74) is 0.841. The molecule has 21 heavy (non-hydrogen) atoms. The quantitative estimate of drug-likeness (QED) is 0.540. The van der Waals surface area contributed by atoms with Crippen LogP contribution in [-0.2, 0) is 0 Å².